The van der Waals surface area contributed by atoms with Gasteiger partial charge in [-0.2, -0.15) is 0 Å². The van der Waals surface area contributed by atoms with E-state index >= 15 is 0 Å². The Morgan fingerprint density at radius 3 is 2.47 bits per heavy atom. The van der Waals surface area contributed by atoms with E-state index in [0.29, 0.717) is 0 Å². The van der Waals surface area contributed by atoms with Gasteiger partial charge < -0.3 is 4.90 Å². The normalized spacial score (nSPS) is 17.4. The summed E-state index contributed by atoms with van der Waals surface area (Å²) >= 11 is 9.95. The van der Waals surface area contributed by atoms with Crippen molar-refractivity contribution in [3.8, 4) is 0 Å². The van der Waals surface area contributed by atoms with Gasteiger partial charge in [-0.25, -0.2) is 0 Å². The van der Waals surface area contributed by atoms with Gasteiger partial charge in [0.1, 0.15) is 0 Å². The number of fused-ring (bicyclic) bond motifs is 1. The predicted molar refractivity (Wildman–Crippen MR) is 79.3 cm³/mol. The van der Waals surface area contributed by atoms with E-state index < -0.39 is 0 Å². The molecule has 0 fully saturated rings. The highest BCUT2D eigenvalue weighted by molar-refractivity contribution is 9.10. The van der Waals surface area contributed by atoms with Crippen LogP contribution in [-0.2, 0) is 5.41 Å². The van der Waals surface area contributed by atoms with E-state index in [0.717, 1.165) is 35.4 Å². The van der Waals surface area contributed by atoms with Crippen LogP contribution in [0.4, 0.5) is 5.69 Å². The first-order valence-corrected chi connectivity index (χ1v) is 7.50. The summed E-state index contributed by atoms with van der Waals surface area (Å²) in [7, 11) is 0. The van der Waals surface area contributed by atoms with Crippen molar-refractivity contribution in [2.75, 3.05) is 18.0 Å². The first-order chi connectivity index (χ1) is 8.09. The van der Waals surface area contributed by atoms with Crippen molar-refractivity contribution in [2.45, 2.75) is 39.0 Å². The van der Waals surface area contributed by atoms with Crippen molar-refractivity contribution in [2.24, 2.45) is 0 Å². The van der Waals surface area contributed by atoms with Crippen molar-refractivity contribution in [3.05, 3.63) is 27.2 Å². The number of nitrogens with zero attached hydrogens (tertiary/aromatic N) is 1. The summed E-state index contributed by atoms with van der Waals surface area (Å²) in [4.78, 5) is 2.46. The third-order valence-corrected chi connectivity index (χ3v) is 5.54. The molecule has 0 amide bonds. The topological polar surface area (TPSA) is 3.24 Å². The highest BCUT2D eigenvalue weighted by Crippen LogP contribution is 2.50. The van der Waals surface area contributed by atoms with Crippen LogP contribution in [0, 0.1) is 0 Å². The monoisotopic (exact) mass is 315 g/mol. The Hall–Kier alpha value is -0.210. The molecule has 1 aromatic rings. The minimum absolute atomic E-state index is 0.259. The van der Waals surface area contributed by atoms with Gasteiger partial charge in [-0.05, 0) is 53.4 Å². The van der Waals surface area contributed by atoms with E-state index in [1.165, 1.54) is 11.3 Å². The van der Waals surface area contributed by atoms with E-state index in [-0.39, 0.29) is 5.41 Å². The van der Waals surface area contributed by atoms with E-state index in [1.807, 2.05) is 6.07 Å². The first kappa shape index (κ1) is 13.2. The second-order valence-corrected chi connectivity index (χ2v) is 5.96. The van der Waals surface area contributed by atoms with Gasteiger partial charge in [0, 0.05) is 28.7 Å². The van der Waals surface area contributed by atoms with Crippen LogP contribution in [0.3, 0.4) is 0 Å². The average molecular weight is 317 g/mol. The van der Waals surface area contributed by atoms with Gasteiger partial charge in [0.05, 0.1) is 5.02 Å². The molecule has 1 aliphatic rings. The van der Waals surface area contributed by atoms with E-state index in [9.17, 15) is 0 Å². The van der Waals surface area contributed by atoms with Gasteiger partial charge in [0.15, 0.2) is 0 Å². The molecule has 0 spiro atoms. The highest BCUT2D eigenvalue weighted by Gasteiger charge is 2.41. The van der Waals surface area contributed by atoms with E-state index in [2.05, 4.69) is 47.7 Å². The van der Waals surface area contributed by atoms with Crippen LogP contribution in [0.2, 0.25) is 5.02 Å². The van der Waals surface area contributed by atoms with Gasteiger partial charge in [-0.3, -0.25) is 0 Å². The number of benzene rings is 1. The van der Waals surface area contributed by atoms with E-state index in [1.54, 1.807) is 0 Å². The molecule has 0 aromatic heterocycles. The fourth-order valence-electron chi connectivity index (χ4n) is 2.95. The summed E-state index contributed by atoms with van der Waals surface area (Å²) in [6, 6.07) is 4.16. The number of anilines is 1. The lowest BCUT2D eigenvalue weighted by Gasteiger charge is -2.28. The molecular formula is C14H19BrClN. The summed E-state index contributed by atoms with van der Waals surface area (Å²) < 4.78 is 1.09. The van der Waals surface area contributed by atoms with E-state index in [4.69, 9.17) is 11.6 Å². The average Bonchev–Trinajstić information content (AvgIpc) is 2.69. The van der Waals surface area contributed by atoms with Crippen LogP contribution in [0.5, 0.6) is 0 Å². The standard InChI is InChI=1S/C14H19BrClN/c1-4-14(5-2)9-17(6-3)11-8-7-10(16)13(15)12(11)14/h7-8H,4-6,9H2,1-3H3. The number of hydrogen-bond acceptors (Lipinski definition) is 1. The van der Waals surface area contributed by atoms with Crippen LogP contribution in [-0.4, -0.2) is 13.1 Å². The summed E-state index contributed by atoms with van der Waals surface area (Å²) in [5, 5.41) is 0.827. The minimum atomic E-state index is 0.259. The lowest BCUT2D eigenvalue weighted by molar-refractivity contribution is 0.419. The van der Waals surface area contributed by atoms with Gasteiger partial charge in [0.25, 0.3) is 0 Å². The zero-order chi connectivity index (χ0) is 12.6. The molecule has 0 aliphatic carbocycles. The molecular weight excluding hydrogens is 298 g/mol. The Kier molecular flexibility index (Phi) is 3.74. The van der Waals surface area contributed by atoms with Gasteiger partial charge in [-0.15, -0.1) is 0 Å². The lowest BCUT2D eigenvalue weighted by atomic mass is 9.77. The van der Waals surface area contributed by atoms with Gasteiger partial charge in [0.2, 0.25) is 0 Å². The maximum Gasteiger partial charge on any atom is 0.0552 e. The van der Waals surface area contributed by atoms with Gasteiger partial charge in [-0.1, -0.05) is 25.4 Å². The molecule has 3 heteroatoms. The Balaban J connectivity index is 2.65. The van der Waals surface area contributed by atoms with Crippen molar-refractivity contribution in [3.63, 3.8) is 0 Å². The Labute approximate surface area is 117 Å². The molecule has 0 radical (unpaired) electrons. The van der Waals surface area contributed by atoms with Crippen LogP contribution in [0.1, 0.15) is 39.2 Å². The second kappa shape index (κ2) is 4.81. The fourth-order valence-corrected chi connectivity index (χ4v) is 3.86. The van der Waals surface area contributed by atoms with Crippen LogP contribution >= 0.6 is 27.5 Å². The predicted octanol–water partition coefficient (Wildman–Crippen LogP) is 5.00. The number of rotatable bonds is 3. The highest BCUT2D eigenvalue weighted by atomic mass is 79.9. The van der Waals surface area contributed by atoms with Crippen LogP contribution < -0.4 is 4.90 Å². The molecule has 17 heavy (non-hydrogen) atoms. The molecule has 1 nitrogen and oxygen atoms in total. The molecule has 0 saturated heterocycles. The Morgan fingerprint density at radius 1 is 1.29 bits per heavy atom. The molecule has 0 atom stereocenters. The largest absolute Gasteiger partial charge is 0.371 e. The molecule has 1 aliphatic heterocycles. The number of hydrogen-bond donors (Lipinski definition) is 0. The number of likely N-dealkylation sites (N-methyl/N-ethyl adjacent to an activating group) is 1. The minimum Gasteiger partial charge on any atom is -0.371 e. The molecule has 94 valence electrons. The molecule has 1 heterocycles. The molecule has 1 aromatic carbocycles. The quantitative estimate of drug-likeness (QED) is 0.758. The lowest BCUT2D eigenvalue weighted by Crippen LogP contribution is -2.32. The third-order valence-electron chi connectivity index (χ3n) is 4.17. The second-order valence-electron chi connectivity index (χ2n) is 4.76. The molecule has 0 bridgehead atoms. The summed E-state index contributed by atoms with van der Waals surface area (Å²) in [5.74, 6) is 0. The summed E-state index contributed by atoms with van der Waals surface area (Å²) in [6.07, 6.45) is 2.32. The number of halogens is 2. The van der Waals surface area contributed by atoms with Crippen molar-refractivity contribution >= 4 is 33.2 Å². The Bertz CT molecular complexity index is 426. The van der Waals surface area contributed by atoms with Crippen molar-refractivity contribution in [1.82, 2.24) is 0 Å². The molecule has 2 rings (SSSR count). The summed E-state index contributed by atoms with van der Waals surface area (Å²) in [5.41, 5.74) is 3.03. The van der Waals surface area contributed by atoms with Crippen LogP contribution in [0.15, 0.2) is 16.6 Å². The van der Waals surface area contributed by atoms with Crippen molar-refractivity contribution in [1.29, 1.82) is 0 Å². The zero-order valence-corrected chi connectivity index (χ0v) is 13.0. The smallest absolute Gasteiger partial charge is 0.0552 e. The molecule has 0 N–H and O–H groups in total. The van der Waals surface area contributed by atoms with Gasteiger partial charge >= 0.3 is 0 Å². The maximum atomic E-state index is 6.26. The fraction of sp³-hybridized carbons (Fsp3) is 0.571. The Morgan fingerprint density at radius 2 is 1.94 bits per heavy atom. The SMILES string of the molecule is CCN1CC(CC)(CC)c2c1ccc(Cl)c2Br. The maximum absolute atomic E-state index is 6.26. The summed E-state index contributed by atoms with van der Waals surface area (Å²) in [6.45, 7) is 8.95. The molecule has 0 unspecified atom stereocenters. The van der Waals surface area contributed by atoms with Crippen LogP contribution in [0.25, 0.3) is 0 Å². The first-order valence-electron chi connectivity index (χ1n) is 6.33. The zero-order valence-electron chi connectivity index (χ0n) is 10.7. The van der Waals surface area contributed by atoms with Crippen molar-refractivity contribution < 1.29 is 0 Å². The molecule has 0 saturated carbocycles. The third kappa shape index (κ3) is 1.90.